The van der Waals surface area contributed by atoms with E-state index in [1.54, 1.807) is 17.4 Å². The standard InChI is InChI=1S/C14H15ClN2O2S/c1-10(6-11-4-5-20-9-11)16-8-12-2-3-13(17(18)19)7-14(12)15/h2-5,7,9-10,16H,6,8H2,1H3. The van der Waals surface area contributed by atoms with E-state index in [-0.39, 0.29) is 5.69 Å². The molecule has 2 rings (SSSR count). The van der Waals surface area contributed by atoms with Gasteiger partial charge in [0.15, 0.2) is 0 Å². The Kier molecular flexibility index (Phi) is 5.11. The minimum absolute atomic E-state index is 0.0186. The Hall–Kier alpha value is -1.43. The lowest BCUT2D eigenvalue weighted by molar-refractivity contribution is -0.384. The van der Waals surface area contributed by atoms with Gasteiger partial charge in [-0.25, -0.2) is 0 Å². The van der Waals surface area contributed by atoms with Crippen molar-refractivity contribution in [2.24, 2.45) is 0 Å². The number of hydrogen-bond donors (Lipinski definition) is 1. The molecule has 1 aromatic carbocycles. The number of nitrogens with zero attached hydrogens (tertiary/aromatic N) is 1. The van der Waals surface area contributed by atoms with Gasteiger partial charge in [0.1, 0.15) is 0 Å². The van der Waals surface area contributed by atoms with Crippen LogP contribution in [0.25, 0.3) is 0 Å². The first-order valence-corrected chi connectivity index (χ1v) is 7.55. The third kappa shape index (κ3) is 4.03. The van der Waals surface area contributed by atoms with Crippen LogP contribution in [0.4, 0.5) is 5.69 Å². The van der Waals surface area contributed by atoms with Crippen LogP contribution in [-0.4, -0.2) is 11.0 Å². The highest BCUT2D eigenvalue weighted by Gasteiger charge is 2.10. The molecule has 106 valence electrons. The molecule has 0 amide bonds. The van der Waals surface area contributed by atoms with Gasteiger partial charge in [-0.05, 0) is 47.4 Å². The molecule has 2 aromatic rings. The van der Waals surface area contributed by atoms with Crippen molar-refractivity contribution < 1.29 is 4.92 Å². The van der Waals surface area contributed by atoms with E-state index >= 15 is 0 Å². The van der Waals surface area contributed by atoms with Gasteiger partial charge in [-0.2, -0.15) is 11.3 Å². The maximum atomic E-state index is 10.6. The quantitative estimate of drug-likeness (QED) is 0.647. The van der Waals surface area contributed by atoms with Crippen LogP contribution in [0.3, 0.4) is 0 Å². The van der Waals surface area contributed by atoms with Gasteiger partial charge in [0, 0.05) is 24.7 Å². The Morgan fingerprint density at radius 3 is 2.85 bits per heavy atom. The van der Waals surface area contributed by atoms with Gasteiger partial charge in [-0.15, -0.1) is 0 Å². The summed E-state index contributed by atoms with van der Waals surface area (Å²) in [5, 5.41) is 18.6. The Bertz CT molecular complexity index is 587. The molecule has 1 heterocycles. The van der Waals surface area contributed by atoms with Crippen molar-refractivity contribution in [3.8, 4) is 0 Å². The normalized spacial score (nSPS) is 12.3. The first kappa shape index (κ1) is 15.0. The molecule has 1 atom stereocenters. The Labute approximate surface area is 126 Å². The molecule has 1 N–H and O–H groups in total. The predicted octanol–water partition coefficient (Wildman–Crippen LogP) is 4.03. The van der Waals surface area contributed by atoms with E-state index in [9.17, 15) is 10.1 Å². The minimum atomic E-state index is -0.442. The lowest BCUT2D eigenvalue weighted by atomic mass is 10.1. The van der Waals surface area contributed by atoms with Gasteiger partial charge >= 0.3 is 0 Å². The van der Waals surface area contributed by atoms with Crippen molar-refractivity contribution in [1.29, 1.82) is 0 Å². The number of non-ortho nitro benzene ring substituents is 1. The zero-order valence-electron chi connectivity index (χ0n) is 11.0. The number of thiophene rings is 1. The molecule has 0 aliphatic carbocycles. The summed E-state index contributed by atoms with van der Waals surface area (Å²) in [5.74, 6) is 0. The number of rotatable bonds is 6. The van der Waals surface area contributed by atoms with E-state index in [2.05, 4.69) is 29.1 Å². The number of halogens is 1. The summed E-state index contributed by atoms with van der Waals surface area (Å²) < 4.78 is 0. The summed E-state index contributed by atoms with van der Waals surface area (Å²) in [7, 11) is 0. The lowest BCUT2D eigenvalue weighted by Crippen LogP contribution is -2.27. The Balaban J connectivity index is 1.92. The molecule has 0 fully saturated rings. The molecule has 0 bridgehead atoms. The molecule has 6 heteroatoms. The molecule has 1 unspecified atom stereocenters. The molecule has 0 spiro atoms. The molecule has 0 radical (unpaired) electrons. The van der Waals surface area contributed by atoms with E-state index in [1.165, 1.54) is 17.7 Å². The highest BCUT2D eigenvalue weighted by atomic mass is 35.5. The molecule has 0 aliphatic rings. The van der Waals surface area contributed by atoms with Crippen LogP contribution in [-0.2, 0) is 13.0 Å². The zero-order chi connectivity index (χ0) is 14.5. The Morgan fingerprint density at radius 2 is 2.25 bits per heavy atom. The number of nitrogens with one attached hydrogen (secondary N) is 1. The third-order valence-corrected chi connectivity index (χ3v) is 4.09. The van der Waals surface area contributed by atoms with Gasteiger partial charge in [-0.3, -0.25) is 10.1 Å². The van der Waals surface area contributed by atoms with E-state index < -0.39 is 4.92 Å². The topological polar surface area (TPSA) is 55.2 Å². The fourth-order valence-electron chi connectivity index (χ4n) is 1.91. The van der Waals surface area contributed by atoms with Crippen LogP contribution in [0.1, 0.15) is 18.1 Å². The Morgan fingerprint density at radius 1 is 1.45 bits per heavy atom. The molecule has 1 aromatic heterocycles. The van der Waals surface area contributed by atoms with Gasteiger partial charge in [0.2, 0.25) is 0 Å². The summed E-state index contributed by atoms with van der Waals surface area (Å²) in [5.41, 5.74) is 2.20. The molecule has 4 nitrogen and oxygen atoms in total. The van der Waals surface area contributed by atoms with Gasteiger partial charge in [-0.1, -0.05) is 11.6 Å². The SMILES string of the molecule is CC(Cc1ccsc1)NCc1ccc([N+](=O)[O-])cc1Cl. The third-order valence-electron chi connectivity index (χ3n) is 3.01. The summed E-state index contributed by atoms with van der Waals surface area (Å²) in [4.78, 5) is 10.2. The van der Waals surface area contributed by atoms with E-state index in [1.807, 2.05) is 0 Å². The molecular formula is C14H15ClN2O2S. The van der Waals surface area contributed by atoms with E-state index in [4.69, 9.17) is 11.6 Å². The number of hydrogen-bond acceptors (Lipinski definition) is 4. The molecule has 0 saturated carbocycles. The largest absolute Gasteiger partial charge is 0.310 e. The van der Waals surface area contributed by atoms with Crippen molar-refractivity contribution >= 4 is 28.6 Å². The van der Waals surface area contributed by atoms with Crippen LogP contribution in [0, 0.1) is 10.1 Å². The highest BCUT2D eigenvalue weighted by Crippen LogP contribution is 2.22. The molecule has 0 saturated heterocycles. The average Bonchev–Trinajstić information content (AvgIpc) is 2.90. The van der Waals surface area contributed by atoms with Crippen molar-refractivity contribution in [1.82, 2.24) is 5.32 Å². The van der Waals surface area contributed by atoms with E-state index in [0.717, 1.165) is 12.0 Å². The number of benzene rings is 1. The van der Waals surface area contributed by atoms with Crippen molar-refractivity contribution in [2.75, 3.05) is 0 Å². The van der Waals surface area contributed by atoms with Crippen LogP contribution in [0.5, 0.6) is 0 Å². The zero-order valence-corrected chi connectivity index (χ0v) is 12.6. The maximum absolute atomic E-state index is 10.6. The van der Waals surface area contributed by atoms with Crippen LogP contribution in [0.15, 0.2) is 35.0 Å². The van der Waals surface area contributed by atoms with Crippen molar-refractivity contribution in [2.45, 2.75) is 25.9 Å². The monoisotopic (exact) mass is 310 g/mol. The predicted molar refractivity (Wildman–Crippen MR) is 82.4 cm³/mol. The van der Waals surface area contributed by atoms with E-state index in [0.29, 0.717) is 17.6 Å². The fourth-order valence-corrected chi connectivity index (χ4v) is 2.83. The van der Waals surface area contributed by atoms with Crippen LogP contribution in [0.2, 0.25) is 5.02 Å². The smallest absolute Gasteiger partial charge is 0.270 e. The molecule has 20 heavy (non-hydrogen) atoms. The second-order valence-electron chi connectivity index (χ2n) is 4.65. The number of nitro groups is 1. The molecular weight excluding hydrogens is 296 g/mol. The summed E-state index contributed by atoms with van der Waals surface area (Å²) in [6.07, 6.45) is 0.952. The summed E-state index contributed by atoms with van der Waals surface area (Å²) >= 11 is 7.75. The average molecular weight is 311 g/mol. The van der Waals surface area contributed by atoms with Crippen molar-refractivity contribution in [3.05, 3.63) is 61.3 Å². The number of nitro benzene ring substituents is 1. The maximum Gasteiger partial charge on any atom is 0.270 e. The van der Waals surface area contributed by atoms with Gasteiger partial charge < -0.3 is 5.32 Å². The second kappa shape index (κ2) is 6.83. The molecule has 0 aliphatic heterocycles. The minimum Gasteiger partial charge on any atom is -0.310 e. The van der Waals surface area contributed by atoms with Crippen LogP contribution < -0.4 is 5.32 Å². The second-order valence-corrected chi connectivity index (χ2v) is 5.84. The summed E-state index contributed by atoms with van der Waals surface area (Å²) in [6, 6.07) is 7.00. The summed E-state index contributed by atoms with van der Waals surface area (Å²) in [6.45, 7) is 2.71. The highest BCUT2D eigenvalue weighted by molar-refractivity contribution is 7.07. The van der Waals surface area contributed by atoms with Crippen molar-refractivity contribution in [3.63, 3.8) is 0 Å². The fraction of sp³-hybridized carbons (Fsp3) is 0.286. The first-order chi connectivity index (χ1) is 9.56. The van der Waals surface area contributed by atoms with Gasteiger partial charge in [0.25, 0.3) is 5.69 Å². The van der Waals surface area contributed by atoms with Gasteiger partial charge in [0.05, 0.1) is 9.95 Å². The first-order valence-electron chi connectivity index (χ1n) is 6.23. The van der Waals surface area contributed by atoms with Crippen LogP contribution >= 0.6 is 22.9 Å². The lowest BCUT2D eigenvalue weighted by Gasteiger charge is -2.13.